The van der Waals surface area contributed by atoms with Crippen LogP contribution in [0.25, 0.3) is 0 Å². The van der Waals surface area contributed by atoms with Crippen molar-refractivity contribution in [3.63, 3.8) is 0 Å². The van der Waals surface area contributed by atoms with Gasteiger partial charge in [-0.2, -0.15) is 0 Å². The van der Waals surface area contributed by atoms with Gasteiger partial charge in [-0.25, -0.2) is 0 Å². The Kier molecular flexibility index (Phi) is 4.74. The predicted octanol–water partition coefficient (Wildman–Crippen LogP) is 1.30. The maximum absolute atomic E-state index is 3.55. The molecule has 0 aliphatic carbocycles. The third kappa shape index (κ3) is 5.28. The standard InChI is InChI=1S/C6H11N/c1-3-4-5-6-7-2/h3,5-7H,1,4H2,2H3/b6-5-. The van der Waals surface area contributed by atoms with Gasteiger partial charge in [0.25, 0.3) is 0 Å². The second-order valence-electron chi connectivity index (χ2n) is 1.22. The molecule has 0 aromatic rings. The van der Waals surface area contributed by atoms with Crippen LogP contribution in [0.2, 0.25) is 0 Å². The van der Waals surface area contributed by atoms with Crippen molar-refractivity contribution in [2.75, 3.05) is 7.05 Å². The van der Waals surface area contributed by atoms with Crippen molar-refractivity contribution >= 4 is 0 Å². The van der Waals surface area contributed by atoms with Crippen LogP contribution >= 0.6 is 0 Å². The summed E-state index contributed by atoms with van der Waals surface area (Å²) in [5.74, 6) is 0. The molecule has 0 heterocycles. The van der Waals surface area contributed by atoms with Crippen molar-refractivity contribution in [3.05, 3.63) is 24.9 Å². The van der Waals surface area contributed by atoms with Crippen molar-refractivity contribution in [1.82, 2.24) is 5.32 Å². The molecule has 0 aromatic carbocycles. The molecule has 0 aliphatic heterocycles. The predicted molar refractivity (Wildman–Crippen MR) is 33.0 cm³/mol. The fourth-order valence-electron chi connectivity index (χ4n) is 0.282. The second kappa shape index (κ2) is 5.28. The van der Waals surface area contributed by atoms with E-state index in [9.17, 15) is 0 Å². The highest BCUT2D eigenvalue weighted by Crippen LogP contribution is 1.77. The van der Waals surface area contributed by atoms with Crippen LogP contribution in [0.1, 0.15) is 6.42 Å². The summed E-state index contributed by atoms with van der Waals surface area (Å²) in [5, 5.41) is 2.87. The Hall–Kier alpha value is -0.720. The molecule has 0 radical (unpaired) electrons. The van der Waals surface area contributed by atoms with Gasteiger partial charge in [0.05, 0.1) is 0 Å². The van der Waals surface area contributed by atoms with Crippen LogP contribution in [0.5, 0.6) is 0 Å². The van der Waals surface area contributed by atoms with Gasteiger partial charge in [-0.3, -0.25) is 0 Å². The monoisotopic (exact) mass is 97.1 g/mol. The number of allylic oxidation sites excluding steroid dienone is 2. The molecule has 1 heteroatoms. The zero-order valence-electron chi connectivity index (χ0n) is 4.65. The van der Waals surface area contributed by atoms with E-state index in [1.165, 1.54) is 0 Å². The molecule has 0 fully saturated rings. The topological polar surface area (TPSA) is 12.0 Å². The molecule has 0 atom stereocenters. The Balaban J connectivity index is 2.92. The summed E-state index contributed by atoms with van der Waals surface area (Å²) in [6.45, 7) is 3.55. The Morgan fingerprint density at radius 2 is 2.43 bits per heavy atom. The van der Waals surface area contributed by atoms with Crippen LogP contribution in [-0.2, 0) is 0 Å². The molecule has 0 bridgehead atoms. The minimum Gasteiger partial charge on any atom is -0.394 e. The summed E-state index contributed by atoms with van der Waals surface area (Å²) in [4.78, 5) is 0. The average Bonchev–Trinajstić information content (AvgIpc) is 1.69. The molecular weight excluding hydrogens is 86.1 g/mol. The van der Waals surface area contributed by atoms with Gasteiger partial charge < -0.3 is 5.32 Å². The lowest BCUT2D eigenvalue weighted by Crippen LogP contribution is -1.89. The number of nitrogens with one attached hydrogen (secondary N) is 1. The maximum atomic E-state index is 3.55. The number of rotatable bonds is 3. The van der Waals surface area contributed by atoms with Crippen LogP contribution in [-0.4, -0.2) is 7.05 Å². The zero-order valence-corrected chi connectivity index (χ0v) is 4.65. The highest BCUT2D eigenvalue weighted by atomic mass is 14.8. The van der Waals surface area contributed by atoms with E-state index >= 15 is 0 Å². The van der Waals surface area contributed by atoms with Gasteiger partial charge in [-0.1, -0.05) is 12.2 Å². The van der Waals surface area contributed by atoms with Crippen molar-refractivity contribution < 1.29 is 0 Å². The van der Waals surface area contributed by atoms with Gasteiger partial charge in [0.2, 0.25) is 0 Å². The molecule has 1 nitrogen and oxygen atoms in total. The maximum Gasteiger partial charge on any atom is 0.00276 e. The van der Waals surface area contributed by atoms with Gasteiger partial charge in [-0.05, 0) is 12.6 Å². The summed E-state index contributed by atoms with van der Waals surface area (Å²) >= 11 is 0. The van der Waals surface area contributed by atoms with E-state index in [1.807, 2.05) is 25.4 Å². The number of hydrogen-bond acceptors (Lipinski definition) is 1. The van der Waals surface area contributed by atoms with Gasteiger partial charge in [0.1, 0.15) is 0 Å². The highest BCUT2D eigenvalue weighted by molar-refractivity contribution is 4.85. The largest absolute Gasteiger partial charge is 0.394 e. The molecule has 1 N–H and O–H groups in total. The molecule has 0 rings (SSSR count). The first-order chi connectivity index (χ1) is 3.41. The minimum absolute atomic E-state index is 0.945. The third-order valence-electron chi connectivity index (χ3n) is 0.587. The smallest absolute Gasteiger partial charge is 0.00276 e. The van der Waals surface area contributed by atoms with E-state index in [2.05, 4.69) is 11.9 Å². The first-order valence-corrected chi connectivity index (χ1v) is 2.35. The summed E-state index contributed by atoms with van der Waals surface area (Å²) in [6, 6.07) is 0. The first kappa shape index (κ1) is 6.28. The molecular formula is C6H11N. The van der Waals surface area contributed by atoms with E-state index < -0.39 is 0 Å². The summed E-state index contributed by atoms with van der Waals surface area (Å²) < 4.78 is 0. The van der Waals surface area contributed by atoms with Crippen LogP contribution < -0.4 is 5.32 Å². The third-order valence-corrected chi connectivity index (χ3v) is 0.587. The number of hydrogen-bond donors (Lipinski definition) is 1. The summed E-state index contributed by atoms with van der Waals surface area (Å²) in [7, 11) is 1.87. The molecule has 0 saturated carbocycles. The lowest BCUT2D eigenvalue weighted by atomic mass is 10.4. The van der Waals surface area contributed by atoms with E-state index in [0.717, 1.165) is 6.42 Å². The van der Waals surface area contributed by atoms with Crippen LogP contribution in [0.4, 0.5) is 0 Å². The molecule has 0 unspecified atom stereocenters. The zero-order chi connectivity index (χ0) is 5.54. The van der Waals surface area contributed by atoms with Crippen LogP contribution in [0.3, 0.4) is 0 Å². The molecule has 0 aliphatic rings. The van der Waals surface area contributed by atoms with Crippen molar-refractivity contribution in [1.29, 1.82) is 0 Å². The SMILES string of the molecule is C=CC/C=C\NC. The van der Waals surface area contributed by atoms with Crippen molar-refractivity contribution in [2.45, 2.75) is 6.42 Å². The van der Waals surface area contributed by atoms with Crippen LogP contribution in [0.15, 0.2) is 24.9 Å². The average molecular weight is 97.2 g/mol. The van der Waals surface area contributed by atoms with E-state index in [0.29, 0.717) is 0 Å². The van der Waals surface area contributed by atoms with Gasteiger partial charge in [0, 0.05) is 7.05 Å². The second-order valence-corrected chi connectivity index (χ2v) is 1.22. The molecule has 40 valence electrons. The van der Waals surface area contributed by atoms with E-state index in [1.54, 1.807) is 0 Å². The van der Waals surface area contributed by atoms with Crippen molar-refractivity contribution in [3.8, 4) is 0 Å². The molecule has 0 saturated heterocycles. The van der Waals surface area contributed by atoms with Gasteiger partial charge in [0.15, 0.2) is 0 Å². The first-order valence-electron chi connectivity index (χ1n) is 2.35. The normalized spacial score (nSPS) is 9.29. The Bertz CT molecular complexity index is 64.6. The molecule has 0 aromatic heterocycles. The Morgan fingerprint density at radius 3 is 2.86 bits per heavy atom. The van der Waals surface area contributed by atoms with Crippen molar-refractivity contribution in [2.24, 2.45) is 0 Å². The molecule has 7 heavy (non-hydrogen) atoms. The van der Waals surface area contributed by atoms with Crippen LogP contribution in [0, 0.1) is 0 Å². The fraction of sp³-hybridized carbons (Fsp3) is 0.333. The Labute approximate surface area is 44.7 Å². The quantitative estimate of drug-likeness (QED) is 0.523. The minimum atomic E-state index is 0.945. The van der Waals surface area contributed by atoms with E-state index in [-0.39, 0.29) is 0 Å². The molecule has 0 amide bonds. The molecule has 0 spiro atoms. The van der Waals surface area contributed by atoms with E-state index in [4.69, 9.17) is 0 Å². The van der Waals surface area contributed by atoms with Gasteiger partial charge in [-0.15, -0.1) is 6.58 Å². The summed E-state index contributed by atoms with van der Waals surface area (Å²) in [6.07, 6.45) is 6.70. The Morgan fingerprint density at radius 1 is 1.71 bits per heavy atom. The lowest BCUT2D eigenvalue weighted by molar-refractivity contribution is 1.09. The van der Waals surface area contributed by atoms with Gasteiger partial charge >= 0.3 is 0 Å². The fourth-order valence-corrected chi connectivity index (χ4v) is 0.282. The summed E-state index contributed by atoms with van der Waals surface area (Å²) in [5.41, 5.74) is 0. The highest BCUT2D eigenvalue weighted by Gasteiger charge is 1.61. The lowest BCUT2D eigenvalue weighted by Gasteiger charge is -1.80.